The Kier molecular flexibility index (Phi) is 3.71. The van der Waals surface area contributed by atoms with Crippen molar-refractivity contribution in [2.45, 2.75) is 19.7 Å². The molecule has 8 heteroatoms. The topological polar surface area (TPSA) is 44.2 Å². The van der Waals surface area contributed by atoms with E-state index in [1.807, 2.05) is 0 Å². The second kappa shape index (κ2) is 5.45. The summed E-state index contributed by atoms with van der Waals surface area (Å²) >= 11 is 0. The molecule has 2 aromatic heterocycles. The third-order valence-corrected chi connectivity index (χ3v) is 3.52. The van der Waals surface area contributed by atoms with Gasteiger partial charge < -0.3 is 9.47 Å². The summed E-state index contributed by atoms with van der Waals surface area (Å²) < 4.78 is 64.2. The average molecular weight is 328 g/mol. The van der Waals surface area contributed by atoms with E-state index < -0.39 is 23.2 Å². The number of ether oxygens (including phenoxy) is 2. The maximum absolute atomic E-state index is 14.0. The molecule has 0 spiro atoms. The summed E-state index contributed by atoms with van der Waals surface area (Å²) in [4.78, 5) is 7.41. The van der Waals surface area contributed by atoms with E-state index >= 15 is 0 Å². The molecule has 0 saturated carbocycles. The SMILES string of the molecule is COCc1nc(F)c(C(F)(F)F)c2nc(C)c3c(c12)OCC=C3. The number of halogens is 4. The lowest BCUT2D eigenvalue weighted by atomic mass is 10.0. The number of pyridine rings is 2. The van der Waals surface area contributed by atoms with Gasteiger partial charge in [0.25, 0.3) is 0 Å². The summed E-state index contributed by atoms with van der Waals surface area (Å²) in [6.45, 7) is 1.60. The summed E-state index contributed by atoms with van der Waals surface area (Å²) in [6.07, 6.45) is -1.48. The molecule has 3 heterocycles. The second-order valence-corrected chi connectivity index (χ2v) is 5.03. The Labute approximate surface area is 128 Å². The average Bonchev–Trinajstić information content (AvgIpc) is 2.46. The van der Waals surface area contributed by atoms with Crippen molar-refractivity contribution < 1.29 is 27.0 Å². The Morgan fingerprint density at radius 1 is 1.30 bits per heavy atom. The van der Waals surface area contributed by atoms with Gasteiger partial charge in [-0.2, -0.15) is 17.6 Å². The number of aryl methyl sites for hydroxylation is 1. The fraction of sp³-hybridized carbons (Fsp3) is 0.333. The van der Waals surface area contributed by atoms with Crippen molar-refractivity contribution >= 4 is 17.0 Å². The molecule has 3 rings (SSSR count). The van der Waals surface area contributed by atoms with Gasteiger partial charge in [-0.3, -0.25) is 4.98 Å². The highest BCUT2D eigenvalue weighted by Gasteiger charge is 2.39. The van der Waals surface area contributed by atoms with Crippen LogP contribution in [0.5, 0.6) is 5.75 Å². The first kappa shape index (κ1) is 15.7. The predicted octanol–water partition coefficient (Wildman–Crippen LogP) is 3.65. The zero-order chi connectivity index (χ0) is 16.8. The van der Waals surface area contributed by atoms with Crippen molar-refractivity contribution in [3.63, 3.8) is 0 Å². The van der Waals surface area contributed by atoms with E-state index in [2.05, 4.69) is 9.97 Å². The van der Waals surface area contributed by atoms with Crippen LogP contribution in [0.25, 0.3) is 17.0 Å². The minimum Gasteiger partial charge on any atom is -0.488 e. The molecule has 0 atom stereocenters. The lowest BCUT2D eigenvalue weighted by Gasteiger charge is -2.20. The molecule has 2 aromatic rings. The number of alkyl halides is 3. The first-order valence-electron chi connectivity index (χ1n) is 6.72. The van der Waals surface area contributed by atoms with Gasteiger partial charge in [0, 0.05) is 18.4 Å². The van der Waals surface area contributed by atoms with E-state index in [4.69, 9.17) is 9.47 Å². The van der Waals surface area contributed by atoms with Gasteiger partial charge >= 0.3 is 6.18 Å². The summed E-state index contributed by atoms with van der Waals surface area (Å²) in [7, 11) is 1.35. The van der Waals surface area contributed by atoms with Crippen LogP contribution in [0.4, 0.5) is 17.6 Å². The summed E-state index contributed by atoms with van der Waals surface area (Å²) in [5.74, 6) is -1.39. The predicted molar refractivity (Wildman–Crippen MR) is 74.5 cm³/mol. The molecule has 1 aliphatic heterocycles. The molecule has 122 valence electrons. The monoisotopic (exact) mass is 328 g/mol. The minimum atomic E-state index is -4.92. The maximum atomic E-state index is 14.0. The van der Waals surface area contributed by atoms with Gasteiger partial charge in [0.1, 0.15) is 17.9 Å². The molecule has 0 amide bonds. The van der Waals surface area contributed by atoms with Crippen LogP contribution in [-0.4, -0.2) is 23.7 Å². The van der Waals surface area contributed by atoms with Crippen molar-refractivity contribution in [3.05, 3.63) is 34.5 Å². The highest BCUT2D eigenvalue weighted by molar-refractivity contribution is 5.94. The van der Waals surface area contributed by atoms with Gasteiger partial charge in [0.2, 0.25) is 5.95 Å². The molecule has 23 heavy (non-hydrogen) atoms. The number of hydrogen-bond acceptors (Lipinski definition) is 4. The molecule has 0 fully saturated rings. The fourth-order valence-electron chi connectivity index (χ4n) is 2.60. The van der Waals surface area contributed by atoms with Crippen molar-refractivity contribution in [1.29, 1.82) is 0 Å². The maximum Gasteiger partial charge on any atom is 0.422 e. The van der Waals surface area contributed by atoms with E-state index in [9.17, 15) is 17.6 Å². The number of hydrogen-bond donors (Lipinski definition) is 0. The summed E-state index contributed by atoms with van der Waals surface area (Å²) in [6, 6.07) is 0. The standard InChI is InChI=1S/C15H12F4N2O2/c1-7-8-4-3-5-23-13(8)10-9(6-22-2)21-14(16)11(12(10)20-7)15(17,18)19/h3-4H,5-6H2,1-2H3. The Bertz CT molecular complexity index is 816. The normalized spacial score (nSPS) is 14.0. The Hall–Kier alpha value is -2.22. The fourth-order valence-corrected chi connectivity index (χ4v) is 2.60. The lowest BCUT2D eigenvalue weighted by molar-refractivity contribution is -0.139. The molecule has 0 saturated heterocycles. The van der Waals surface area contributed by atoms with Crippen LogP contribution < -0.4 is 4.74 Å². The number of methoxy groups -OCH3 is 1. The molecule has 0 N–H and O–H groups in total. The molecule has 4 nitrogen and oxygen atoms in total. The highest BCUT2D eigenvalue weighted by atomic mass is 19.4. The Balaban J connectivity index is 2.49. The molecule has 0 aliphatic carbocycles. The van der Waals surface area contributed by atoms with Gasteiger partial charge in [-0.25, -0.2) is 4.98 Å². The molecular weight excluding hydrogens is 316 g/mol. The quantitative estimate of drug-likeness (QED) is 0.623. The molecular formula is C15H12F4N2O2. The molecule has 0 bridgehead atoms. The number of nitrogens with zero attached hydrogens (tertiary/aromatic N) is 2. The summed E-state index contributed by atoms with van der Waals surface area (Å²) in [5, 5.41) is 0.0329. The van der Waals surface area contributed by atoms with Crippen molar-refractivity contribution in [1.82, 2.24) is 9.97 Å². The summed E-state index contributed by atoms with van der Waals surface area (Å²) in [5.41, 5.74) is -1.10. The van der Waals surface area contributed by atoms with Crippen LogP contribution in [0.3, 0.4) is 0 Å². The number of aromatic nitrogens is 2. The first-order chi connectivity index (χ1) is 10.8. The molecule has 0 aromatic carbocycles. The van der Waals surface area contributed by atoms with Gasteiger partial charge in [0.15, 0.2) is 0 Å². The van der Waals surface area contributed by atoms with Crippen molar-refractivity contribution in [3.8, 4) is 5.75 Å². The van der Waals surface area contributed by atoms with Crippen LogP contribution in [0.15, 0.2) is 6.08 Å². The lowest BCUT2D eigenvalue weighted by Crippen LogP contribution is -2.15. The van der Waals surface area contributed by atoms with E-state index in [1.54, 1.807) is 19.1 Å². The Morgan fingerprint density at radius 3 is 2.70 bits per heavy atom. The third-order valence-electron chi connectivity index (χ3n) is 3.52. The van der Waals surface area contributed by atoms with Gasteiger partial charge in [-0.1, -0.05) is 6.08 Å². The molecule has 0 radical (unpaired) electrons. The van der Waals surface area contributed by atoms with Crippen LogP contribution in [0, 0.1) is 12.9 Å². The van der Waals surface area contributed by atoms with Gasteiger partial charge in [-0.05, 0) is 13.0 Å². The molecule has 1 aliphatic rings. The van der Waals surface area contributed by atoms with Gasteiger partial charge in [-0.15, -0.1) is 0 Å². The van der Waals surface area contributed by atoms with Crippen molar-refractivity contribution in [2.24, 2.45) is 0 Å². The van der Waals surface area contributed by atoms with Gasteiger partial charge in [0.05, 0.1) is 23.2 Å². The van der Waals surface area contributed by atoms with Crippen LogP contribution in [0.2, 0.25) is 0 Å². The zero-order valence-corrected chi connectivity index (χ0v) is 12.3. The molecule has 0 unspecified atom stereocenters. The zero-order valence-electron chi connectivity index (χ0n) is 12.3. The van der Waals surface area contributed by atoms with E-state index in [-0.39, 0.29) is 30.0 Å². The van der Waals surface area contributed by atoms with E-state index in [0.29, 0.717) is 11.3 Å². The van der Waals surface area contributed by atoms with Crippen LogP contribution >= 0.6 is 0 Å². The van der Waals surface area contributed by atoms with Crippen LogP contribution in [0.1, 0.15) is 22.5 Å². The highest BCUT2D eigenvalue weighted by Crippen LogP contribution is 2.42. The largest absolute Gasteiger partial charge is 0.488 e. The second-order valence-electron chi connectivity index (χ2n) is 5.03. The first-order valence-corrected chi connectivity index (χ1v) is 6.72. The van der Waals surface area contributed by atoms with Crippen molar-refractivity contribution in [2.75, 3.05) is 13.7 Å². The third kappa shape index (κ3) is 2.52. The van der Waals surface area contributed by atoms with Crippen LogP contribution in [-0.2, 0) is 17.5 Å². The minimum absolute atomic E-state index is 0.0204. The van der Waals surface area contributed by atoms with E-state index in [0.717, 1.165) is 0 Å². The smallest absolute Gasteiger partial charge is 0.422 e. The van der Waals surface area contributed by atoms with E-state index in [1.165, 1.54) is 7.11 Å². The number of rotatable bonds is 2. The Morgan fingerprint density at radius 2 is 2.04 bits per heavy atom. The number of fused-ring (bicyclic) bond motifs is 3.